The van der Waals surface area contributed by atoms with Gasteiger partial charge in [0.25, 0.3) is 5.56 Å². The predicted molar refractivity (Wildman–Crippen MR) is 113 cm³/mol. The molecular formula is C22H18ClN3O3. The Kier molecular flexibility index (Phi) is 5.03. The molecule has 2 aromatic heterocycles. The molecule has 0 spiro atoms. The smallest absolute Gasteiger partial charge is 0.323 e. The van der Waals surface area contributed by atoms with E-state index in [4.69, 9.17) is 21.6 Å². The number of rotatable bonds is 5. The van der Waals surface area contributed by atoms with Crippen LogP contribution in [-0.4, -0.2) is 25.6 Å². The summed E-state index contributed by atoms with van der Waals surface area (Å²) in [6.45, 7) is 1.53. The highest BCUT2D eigenvalue weighted by Gasteiger charge is 2.19. The van der Waals surface area contributed by atoms with E-state index in [-0.39, 0.29) is 5.56 Å². The van der Waals surface area contributed by atoms with E-state index in [2.05, 4.69) is 0 Å². The topological polar surface area (TPSA) is 85.1 Å². The first-order chi connectivity index (χ1) is 14.0. The van der Waals surface area contributed by atoms with E-state index in [1.54, 1.807) is 12.1 Å². The molecule has 0 aliphatic carbocycles. The number of aryl methyl sites for hydroxylation is 1. The molecule has 2 heterocycles. The number of benzene rings is 2. The second kappa shape index (κ2) is 7.64. The van der Waals surface area contributed by atoms with Crippen molar-refractivity contribution in [3.63, 3.8) is 0 Å². The highest BCUT2D eigenvalue weighted by Crippen LogP contribution is 2.30. The Morgan fingerprint density at radius 3 is 2.52 bits per heavy atom. The van der Waals surface area contributed by atoms with Gasteiger partial charge < -0.3 is 5.11 Å². The molecular weight excluding hydrogens is 390 g/mol. The van der Waals surface area contributed by atoms with Crippen LogP contribution in [0.25, 0.3) is 33.1 Å². The second-order valence-electron chi connectivity index (χ2n) is 6.77. The highest BCUT2D eigenvalue weighted by molar-refractivity contribution is 6.30. The van der Waals surface area contributed by atoms with Crippen LogP contribution in [0.3, 0.4) is 0 Å². The number of aliphatic carboxylic acids is 1. The Morgan fingerprint density at radius 2 is 1.83 bits per heavy atom. The number of aromatic nitrogens is 3. The maximum Gasteiger partial charge on any atom is 0.323 e. The molecule has 0 saturated carbocycles. The van der Waals surface area contributed by atoms with Crippen molar-refractivity contribution in [2.24, 2.45) is 0 Å². The van der Waals surface area contributed by atoms with Crippen LogP contribution in [0.4, 0.5) is 0 Å². The number of hydrogen-bond donors (Lipinski definition) is 1. The first kappa shape index (κ1) is 19.1. The van der Waals surface area contributed by atoms with E-state index in [1.807, 2.05) is 43.3 Å². The third-order valence-corrected chi connectivity index (χ3v) is 5.01. The third-order valence-electron chi connectivity index (χ3n) is 4.76. The van der Waals surface area contributed by atoms with Crippen molar-refractivity contribution in [2.45, 2.75) is 26.3 Å². The van der Waals surface area contributed by atoms with Crippen LogP contribution < -0.4 is 5.56 Å². The van der Waals surface area contributed by atoms with Crippen LogP contribution >= 0.6 is 11.6 Å². The van der Waals surface area contributed by atoms with E-state index in [1.165, 1.54) is 4.57 Å². The van der Waals surface area contributed by atoms with Crippen LogP contribution in [0, 0.1) is 0 Å². The Bertz CT molecular complexity index is 1300. The van der Waals surface area contributed by atoms with Crippen molar-refractivity contribution < 1.29 is 9.90 Å². The average molecular weight is 408 g/mol. The number of para-hydroxylation sites is 1. The summed E-state index contributed by atoms with van der Waals surface area (Å²) in [6.07, 6.45) is 1.22. The lowest BCUT2D eigenvalue weighted by Crippen LogP contribution is -2.29. The molecule has 0 atom stereocenters. The van der Waals surface area contributed by atoms with Gasteiger partial charge in [-0.25, -0.2) is 9.97 Å². The largest absolute Gasteiger partial charge is 0.480 e. The Hall–Kier alpha value is -3.25. The molecule has 29 heavy (non-hydrogen) atoms. The number of pyridine rings is 1. The van der Waals surface area contributed by atoms with Gasteiger partial charge in [-0.15, -0.1) is 0 Å². The lowest BCUT2D eigenvalue weighted by molar-refractivity contribution is -0.137. The van der Waals surface area contributed by atoms with Crippen LogP contribution in [0.1, 0.15) is 19.2 Å². The first-order valence-electron chi connectivity index (χ1n) is 9.29. The molecule has 0 amide bonds. The normalized spacial score (nSPS) is 11.2. The molecule has 0 bridgehead atoms. The van der Waals surface area contributed by atoms with Crippen LogP contribution in [0.15, 0.2) is 53.3 Å². The maximum absolute atomic E-state index is 13.4. The maximum atomic E-state index is 13.4. The Balaban J connectivity index is 2.17. The van der Waals surface area contributed by atoms with Gasteiger partial charge >= 0.3 is 5.97 Å². The molecule has 0 aliphatic rings. The van der Waals surface area contributed by atoms with Crippen molar-refractivity contribution >= 4 is 39.4 Å². The fourth-order valence-corrected chi connectivity index (χ4v) is 3.62. The van der Waals surface area contributed by atoms with E-state index in [9.17, 15) is 14.7 Å². The fraction of sp³-hybridized carbons (Fsp3) is 0.182. The van der Waals surface area contributed by atoms with Gasteiger partial charge in [-0.2, -0.15) is 0 Å². The molecule has 2 aromatic carbocycles. The summed E-state index contributed by atoms with van der Waals surface area (Å²) in [6, 6.07) is 14.5. The van der Waals surface area contributed by atoms with Crippen molar-refractivity contribution in [1.82, 2.24) is 14.5 Å². The first-order valence-corrected chi connectivity index (χ1v) is 9.67. The SMILES string of the molecule is CCCc1nc2c(-c3ccc(Cl)cc3)nc3ccccc3c2c(=O)n1CC(=O)O. The van der Waals surface area contributed by atoms with Gasteiger partial charge in [-0.1, -0.05) is 48.9 Å². The Labute approximate surface area is 171 Å². The minimum atomic E-state index is -1.08. The molecule has 1 N–H and O–H groups in total. The van der Waals surface area contributed by atoms with Crippen molar-refractivity contribution in [3.05, 3.63) is 69.7 Å². The van der Waals surface area contributed by atoms with Gasteiger partial charge in [-0.3, -0.25) is 14.2 Å². The zero-order valence-corrected chi connectivity index (χ0v) is 16.5. The summed E-state index contributed by atoms with van der Waals surface area (Å²) < 4.78 is 1.26. The van der Waals surface area contributed by atoms with Crippen LogP contribution in [-0.2, 0) is 17.8 Å². The van der Waals surface area contributed by atoms with Crippen LogP contribution in [0.2, 0.25) is 5.02 Å². The van der Waals surface area contributed by atoms with Gasteiger partial charge in [0.15, 0.2) is 0 Å². The van der Waals surface area contributed by atoms with Gasteiger partial charge in [0, 0.05) is 22.4 Å². The van der Waals surface area contributed by atoms with E-state index in [0.29, 0.717) is 44.8 Å². The van der Waals surface area contributed by atoms with Gasteiger partial charge in [0.05, 0.1) is 16.6 Å². The standard InChI is InChI=1S/C22H18ClN3O3/c1-2-5-17-25-21-19(22(29)26(17)12-18(27)28)15-6-3-4-7-16(15)24-20(21)13-8-10-14(23)11-9-13/h3-4,6-11H,2,5,12H2,1H3,(H,27,28). The molecule has 0 unspecified atom stereocenters. The molecule has 6 nitrogen and oxygen atoms in total. The molecule has 0 radical (unpaired) electrons. The number of carboxylic acid groups (broad SMARTS) is 1. The molecule has 7 heteroatoms. The van der Waals surface area contributed by atoms with Crippen molar-refractivity contribution in [2.75, 3.05) is 0 Å². The molecule has 4 aromatic rings. The minimum absolute atomic E-state index is 0.366. The summed E-state index contributed by atoms with van der Waals surface area (Å²) in [7, 11) is 0. The third kappa shape index (κ3) is 3.47. The van der Waals surface area contributed by atoms with E-state index in [0.717, 1.165) is 12.0 Å². The van der Waals surface area contributed by atoms with E-state index < -0.39 is 12.5 Å². The summed E-state index contributed by atoms with van der Waals surface area (Å²) in [5, 5.41) is 10.9. The average Bonchev–Trinajstić information content (AvgIpc) is 2.70. The summed E-state index contributed by atoms with van der Waals surface area (Å²) >= 11 is 6.03. The predicted octanol–water partition coefficient (Wildman–Crippen LogP) is 4.30. The number of fused-ring (bicyclic) bond motifs is 3. The summed E-state index contributed by atoms with van der Waals surface area (Å²) in [5.74, 6) is -0.637. The Morgan fingerprint density at radius 1 is 1.10 bits per heavy atom. The number of halogens is 1. The highest BCUT2D eigenvalue weighted by atomic mass is 35.5. The van der Waals surface area contributed by atoms with Crippen LogP contribution in [0.5, 0.6) is 0 Å². The van der Waals surface area contributed by atoms with Crippen molar-refractivity contribution in [1.29, 1.82) is 0 Å². The van der Waals surface area contributed by atoms with Gasteiger partial charge in [-0.05, 0) is 24.6 Å². The lowest BCUT2D eigenvalue weighted by Gasteiger charge is -2.15. The number of nitrogens with zero attached hydrogens (tertiary/aromatic N) is 3. The minimum Gasteiger partial charge on any atom is -0.480 e. The second-order valence-corrected chi connectivity index (χ2v) is 7.21. The molecule has 0 saturated heterocycles. The molecule has 146 valence electrons. The monoisotopic (exact) mass is 407 g/mol. The molecule has 4 rings (SSSR count). The quantitative estimate of drug-likeness (QED) is 0.498. The van der Waals surface area contributed by atoms with Gasteiger partial charge in [0.1, 0.15) is 17.9 Å². The summed E-state index contributed by atoms with van der Waals surface area (Å²) in [5.41, 5.74) is 2.12. The molecule has 0 aliphatic heterocycles. The number of carboxylic acids is 1. The van der Waals surface area contributed by atoms with Crippen molar-refractivity contribution in [3.8, 4) is 11.3 Å². The molecule has 0 fully saturated rings. The summed E-state index contributed by atoms with van der Waals surface area (Å²) in [4.78, 5) is 34.3. The van der Waals surface area contributed by atoms with Gasteiger partial charge in [0.2, 0.25) is 0 Å². The zero-order valence-electron chi connectivity index (χ0n) is 15.7. The fourth-order valence-electron chi connectivity index (χ4n) is 3.49. The zero-order chi connectivity index (χ0) is 20.5. The van der Waals surface area contributed by atoms with E-state index >= 15 is 0 Å². The number of carbonyl (C=O) groups is 1. The lowest BCUT2D eigenvalue weighted by atomic mass is 10.0. The number of hydrogen-bond acceptors (Lipinski definition) is 4.